The molecule has 33 heavy (non-hydrogen) atoms. The Morgan fingerprint density at radius 2 is 1.64 bits per heavy atom. The van der Waals surface area contributed by atoms with E-state index >= 15 is 0 Å². The van der Waals surface area contributed by atoms with Crippen molar-refractivity contribution in [2.24, 2.45) is 0 Å². The second-order valence-corrected chi connectivity index (χ2v) is 7.10. The van der Waals surface area contributed by atoms with Crippen molar-refractivity contribution in [2.45, 2.75) is 0 Å². The van der Waals surface area contributed by atoms with Crippen LogP contribution >= 0.6 is 0 Å². The second-order valence-electron chi connectivity index (χ2n) is 7.10. The smallest absolute Gasteiger partial charge is 0.256 e. The van der Waals surface area contributed by atoms with Gasteiger partial charge in [0.25, 0.3) is 5.91 Å². The van der Waals surface area contributed by atoms with Crippen LogP contribution in [-0.4, -0.2) is 36.1 Å². The van der Waals surface area contributed by atoms with E-state index < -0.39 is 0 Å². The average Bonchev–Trinajstić information content (AvgIpc) is 2.88. The van der Waals surface area contributed by atoms with E-state index in [2.05, 4.69) is 20.6 Å². The van der Waals surface area contributed by atoms with Gasteiger partial charge in [-0.3, -0.25) is 4.79 Å². The van der Waals surface area contributed by atoms with Gasteiger partial charge in [0, 0.05) is 23.5 Å². The van der Waals surface area contributed by atoms with Crippen molar-refractivity contribution in [1.29, 1.82) is 0 Å². The summed E-state index contributed by atoms with van der Waals surface area (Å²) in [6.07, 6.45) is 1.53. The zero-order chi connectivity index (χ0) is 22.9. The Morgan fingerprint density at radius 3 is 2.39 bits per heavy atom. The predicted molar refractivity (Wildman–Crippen MR) is 128 cm³/mol. The van der Waals surface area contributed by atoms with Crippen LogP contribution in [0.1, 0.15) is 10.4 Å². The van der Waals surface area contributed by atoms with Gasteiger partial charge in [-0.1, -0.05) is 54.6 Å². The van der Waals surface area contributed by atoms with E-state index in [1.807, 2.05) is 84.9 Å². The predicted octanol–water partition coefficient (Wildman–Crippen LogP) is 4.70. The minimum Gasteiger partial charge on any atom is -0.497 e. The fraction of sp³-hybridized carbons (Fsp3) is 0.115. The normalized spacial score (nSPS) is 10.3. The lowest BCUT2D eigenvalue weighted by atomic mass is 10.2. The minimum absolute atomic E-state index is 0.295. The monoisotopic (exact) mass is 440 g/mol. The van der Waals surface area contributed by atoms with E-state index in [0.717, 1.165) is 17.0 Å². The van der Waals surface area contributed by atoms with Gasteiger partial charge in [0.05, 0.1) is 13.7 Å². The Kier molecular flexibility index (Phi) is 7.12. The van der Waals surface area contributed by atoms with Crippen LogP contribution in [0, 0.1) is 0 Å². The number of methoxy groups -OCH3 is 1. The molecule has 1 aromatic heterocycles. The van der Waals surface area contributed by atoms with Gasteiger partial charge in [0.15, 0.2) is 5.82 Å². The number of para-hydroxylation sites is 1. The van der Waals surface area contributed by atoms with Gasteiger partial charge < -0.3 is 20.1 Å². The number of benzene rings is 3. The van der Waals surface area contributed by atoms with Gasteiger partial charge in [0.1, 0.15) is 29.5 Å². The summed E-state index contributed by atoms with van der Waals surface area (Å²) in [4.78, 5) is 22.0. The molecule has 1 amide bonds. The molecule has 0 bridgehead atoms. The number of aromatic nitrogens is 2. The quantitative estimate of drug-likeness (QED) is 0.367. The maximum Gasteiger partial charge on any atom is 0.256 e. The number of hydrogen-bond acceptors (Lipinski definition) is 6. The maximum atomic E-state index is 12.9. The molecule has 7 nitrogen and oxygen atoms in total. The molecule has 0 aliphatic carbocycles. The number of carbonyl (C=O) groups is 1. The molecule has 166 valence electrons. The summed E-state index contributed by atoms with van der Waals surface area (Å²) in [5.74, 6) is 2.07. The van der Waals surface area contributed by atoms with Gasteiger partial charge in [-0.25, -0.2) is 9.97 Å². The minimum atomic E-state index is -0.295. The SMILES string of the molecule is COc1cccc(Nc2nc(-c3ccccc3)ncc2C(=O)NCCOc2ccccc2)c1. The Labute approximate surface area is 192 Å². The third-order valence-electron chi connectivity index (χ3n) is 4.80. The van der Waals surface area contributed by atoms with Crippen molar-refractivity contribution in [3.8, 4) is 22.9 Å². The second kappa shape index (κ2) is 10.8. The molecule has 2 N–H and O–H groups in total. The first kappa shape index (κ1) is 21.8. The molecule has 0 aliphatic rings. The van der Waals surface area contributed by atoms with E-state index in [0.29, 0.717) is 36.1 Å². The summed E-state index contributed by atoms with van der Waals surface area (Å²) in [7, 11) is 1.60. The summed E-state index contributed by atoms with van der Waals surface area (Å²) in [6.45, 7) is 0.685. The van der Waals surface area contributed by atoms with E-state index in [-0.39, 0.29) is 5.91 Å². The first-order valence-corrected chi connectivity index (χ1v) is 10.5. The number of nitrogens with zero attached hydrogens (tertiary/aromatic N) is 2. The highest BCUT2D eigenvalue weighted by Gasteiger charge is 2.16. The number of rotatable bonds is 9. The van der Waals surface area contributed by atoms with Crippen LogP contribution in [0.3, 0.4) is 0 Å². The molecule has 4 rings (SSSR count). The largest absolute Gasteiger partial charge is 0.497 e. The van der Waals surface area contributed by atoms with E-state index in [9.17, 15) is 4.79 Å². The molecule has 1 heterocycles. The molecular weight excluding hydrogens is 416 g/mol. The highest BCUT2D eigenvalue weighted by Crippen LogP contribution is 2.25. The number of amides is 1. The molecule has 0 atom stereocenters. The lowest BCUT2D eigenvalue weighted by Gasteiger charge is -2.13. The van der Waals surface area contributed by atoms with E-state index in [1.165, 1.54) is 6.20 Å². The number of hydrogen-bond donors (Lipinski definition) is 2. The van der Waals surface area contributed by atoms with Crippen LogP contribution in [0.25, 0.3) is 11.4 Å². The third-order valence-corrected chi connectivity index (χ3v) is 4.80. The van der Waals surface area contributed by atoms with E-state index in [1.54, 1.807) is 7.11 Å². The summed E-state index contributed by atoms with van der Waals surface area (Å²) in [5, 5.41) is 6.10. The fourth-order valence-electron chi connectivity index (χ4n) is 3.15. The number of ether oxygens (including phenoxy) is 2. The molecule has 4 aromatic rings. The van der Waals surface area contributed by atoms with Crippen LogP contribution < -0.4 is 20.1 Å². The van der Waals surface area contributed by atoms with Crippen molar-refractivity contribution in [1.82, 2.24) is 15.3 Å². The van der Waals surface area contributed by atoms with Crippen LogP contribution in [0.2, 0.25) is 0 Å². The fourth-order valence-corrected chi connectivity index (χ4v) is 3.15. The van der Waals surface area contributed by atoms with Crippen molar-refractivity contribution < 1.29 is 14.3 Å². The first-order chi connectivity index (χ1) is 16.2. The van der Waals surface area contributed by atoms with Gasteiger partial charge >= 0.3 is 0 Å². The summed E-state index contributed by atoms with van der Waals surface area (Å²) in [5.41, 5.74) is 1.93. The standard InChI is InChI=1S/C26H24N4O3/c1-32-22-14-8-11-20(17-22)29-25-23(18-28-24(30-25)19-9-4-2-5-10-19)26(31)27-15-16-33-21-12-6-3-7-13-21/h2-14,17-18H,15-16H2,1H3,(H,27,31)(H,28,29,30). The lowest BCUT2D eigenvalue weighted by molar-refractivity contribution is 0.0947. The van der Waals surface area contributed by atoms with Crippen molar-refractivity contribution in [3.05, 3.63) is 96.7 Å². The topological polar surface area (TPSA) is 85.4 Å². The Morgan fingerprint density at radius 1 is 0.909 bits per heavy atom. The maximum absolute atomic E-state index is 12.9. The van der Waals surface area contributed by atoms with Gasteiger partial charge in [-0.2, -0.15) is 0 Å². The highest BCUT2D eigenvalue weighted by atomic mass is 16.5. The molecule has 0 saturated carbocycles. The zero-order valence-corrected chi connectivity index (χ0v) is 18.2. The van der Waals surface area contributed by atoms with Crippen LogP contribution in [0.15, 0.2) is 91.1 Å². The Bertz CT molecular complexity index is 1200. The molecule has 0 aliphatic heterocycles. The summed E-state index contributed by atoms with van der Waals surface area (Å²) >= 11 is 0. The lowest BCUT2D eigenvalue weighted by Crippen LogP contribution is -2.29. The van der Waals surface area contributed by atoms with Crippen LogP contribution in [-0.2, 0) is 0 Å². The van der Waals surface area contributed by atoms with Gasteiger partial charge in [-0.05, 0) is 24.3 Å². The van der Waals surface area contributed by atoms with Crippen molar-refractivity contribution in [2.75, 3.05) is 25.6 Å². The van der Waals surface area contributed by atoms with Crippen LogP contribution in [0.4, 0.5) is 11.5 Å². The summed E-state index contributed by atoms with van der Waals surface area (Å²) in [6, 6.07) is 26.5. The molecule has 3 aromatic carbocycles. The third kappa shape index (κ3) is 5.86. The Hall–Kier alpha value is -4.39. The van der Waals surface area contributed by atoms with E-state index in [4.69, 9.17) is 9.47 Å². The molecular formula is C26H24N4O3. The molecule has 0 radical (unpaired) electrons. The van der Waals surface area contributed by atoms with Crippen LogP contribution in [0.5, 0.6) is 11.5 Å². The highest BCUT2D eigenvalue weighted by molar-refractivity contribution is 5.99. The average molecular weight is 441 g/mol. The zero-order valence-electron chi connectivity index (χ0n) is 18.2. The molecule has 0 saturated heterocycles. The van der Waals surface area contributed by atoms with Gasteiger partial charge in [0.2, 0.25) is 0 Å². The molecule has 0 fully saturated rings. The van der Waals surface area contributed by atoms with Crippen molar-refractivity contribution >= 4 is 17.4 Å². The Balaban J connectivity index is 1.53. The number of nitrogens with one attached hydrogen (secondary N) is 2. The van der Waals surface area contributed by atoms with Gasteiger partial charge in [-0.15, -0.1) is 0 Å². The first-order valence-electron chi connectivity index (χ1n) is 10.5. The molecule has 7 heteroatoms. The molecule has 0 spiro atoms. The summed E-state index contributed by atoms with van der Waals surface area (Å²) < 4.78 is 10.9. The molecule has 0 unspecified atom stereocenters. The number of anilines is 2. The number of carbonyl (C=O) groups excluding carboxylic acids is 1. The van der Waals surface area contributed by atoms with Crippen molar-refractivity contribution in [3.63, 3.8) is 0 Å².